The molecule has 1 unspecified atom stereocenters. The summed E-state index contributed by atoms with van der Waals surface area (Å²) in [7, 11) is 6.43. The van der Waals surface area contributed by atoms with Crippen LogP contribution in [0.1, 0.15) is 45.4 Å². The molecule has 1 aliphatic heterocycles. The van der Waals surface area contributed by atoms with E-state index in [1.165, 1.54) is 45.1 Å². The lowest BCUT2D eigenvalue weighted by Gasteiger charge is -2.24. The fraction of sp³-hybridized carbons (Fsp3) is 0.944. The molecule has 5 nitrogen and oxygen atoms in total. The van der Waals surface area contributed by atoms with E-state index in [0.717, 1.165) is 38.8 Å². The Kier molecular flexibility index (Phi) is 15.1. The molecular formula is C18H39IN4O. The summed E-state index contributed by atoms with van der Waals surface area (Å²) in [5, 5.41) is 3.41. The molecule has 0 aliphatic carbocycles. The van der Waals surface area contributed by atoms with E-state index >= 15 is 0 Å². The molecule has 6 heteroatoms. The standard InChI is InChI=1S/C18H38N4O.HI/c1-5-19-18(22(4)15-17-11-14-23-16-17)20-12-9-7-6-8-10-13-21(2)3;/h17H,5-16H2,1-4H3,(H,19,20);1H. The number of hydrogen-bond acceptors (Lipinski definition) is 3. The number of rotatable bonds is 11. The maximum atomic E-state index is 5.47. The Morgan fingerprint density at radius 2 is 1.83 bits per heavy atom. The Morgan fingerprint density at radius 3 is 2.46 bits per heavy atom. The van der Waals surface area contributed by atoms with Gasteiger partial charge in [0.2, 0.25) is 0 Å². The van der Waals surface area contributed by atoms with Crippen molar-refractivity contribution in [3.8, 4) is 0 Å². The number of nitrogens with zero attached hydrogens (tertiary/aromatic N) is 3. The van der Waals surface area contributed by atoms with Crippen molar-refractivity contribution in [2.24, 2.45) is 10.9 Å². The van der Waals surface area contributed by atoms with Crippen LogP contribution in [-0.4, -0.2) is 76.3 Å². The zero-order valence-corrected chi connectivity index (χ0v) is 18.6. The molecule has 1 atom stereocenters. The van der Waals surface area contributed by atoms with Gasteiger partial charge in [-0.2, -0.15) is 0 Å². The van der Waals surface area contributed by atoms with Crippen molar-refractivity contribution in [1.29, 1.82) is 0 Å². The van der Waals surface area contributed by atoms with Gasteiger partial charge in [-0.25, -0.2) is 0 Å². The fourth-order valence-corrected chi connectivity index (χ4v) is 2.93. The third-order valence-electron chi connectivity index (χ3n) is 4.28. The first kappa shape index (κ1) is 23.9. The van der Waals surface area contributed by atoms with Crippen LogP contribution in [0.3, 0.4) is 0 Å². The van der Waals surface area contributed by atoms with Crippen molar-refractivity contribution in [2.75, 3.05) is 60.5 Å². The van der Waals surface area contributed by atoms with Crippen LogP contribution in [0.25, 0.3) is 0 Å². The monoisotopic (exact) mass is 454 g/mol. The molecule has 1 aliphatic rings. The highest BCUT2D eigenvalue weighted by Gasteiger charge is 2.18. The topological polar surface area (TPSA) is 40.1 Å². The molecule has 0 aromatic rings. The Morgan fingerprint density at radius 1 is 1.12 bits per heavy atom. The van der Waals surface area contributed by atoms with Gasteiger partial charge in [0.1, 0.15) is 0 Å². The van der Waals surface area contributed by atoms with Crippen LogP contribution in [-0.2, 0) is 4.74 Å². The second kappa shape index (κ2) is 15.2. The molecule has 1 fully saturated rings. The molecule has 0 amide bonds. The van der Waals surface area contributed by atoms with E-state index in [1.54, 1.807) is 0 Å². The van der Waals surface area contributed by atoms with Crippen LogP contribution in [0, 0.1) is 5.92 Å². The lowest BCUT2D eigenvalue weighted by Crippen LogP contribution is -2.41. The predicted molar refractivity (Wildman–Crippen MR) is 115 cm³/mol. The number of aliphatic imine (C=N–C) groups is 1. The Hall–Kier alpha value is -0.0800. The smallest absolute Gasteiger partial charge is 0.193 e. The van der Waals surface area contributed by atoms with Crippen molar-refractivity contribution in [2.45, 2.75) is 45.4 Å². The number of nitrogens with one attached hydrogen (secondary N) is 1. The van der Waals surface area contributed by atoms with Gasteiger partial charge >= 0.3 is 0 Å². The van der Waals surface area contributed by atoms with Crippen LogP contribution in [0.5, 0.6) is 0 Å². The maximum absolute atomic E-state index is 5.47. The first-order chi connectivity index (χ1) is 11.1. The average Bonchev–Trinajstić information content (AvgIpc) is 3.01. The van der Waals surface area contributed by atoms with E-state index < -0.39 is 0 Å². The zero-order chi connectivity index (χ0) is 16.9. The van der Waals surface area contributed by atoms with Gasteiger partial charge in [0, 0.05) is 39.2 Å². The number of halogens is 1. The molecule has 1 saturated heterocycles. The summed E-state index contributed by atoms with van der Waals surface area (Å²) in [6.45, 7) is 8.05. The van der Waals surface area contributed by atoms with Crippen LogP contribution in [0.4, 0.5) is 0 Å². The molecule has 0 spiro atoms. The summed E-state index contributed by atoms with van der Waals surface area (Å²) < 4.78 is 5.47. The van der Waals surface area contributed by atoms with Gasteiger partial charge in [-0.15, -0.1) is 24.0 Å². The van der Waals surface area contributed by atoms with Crippen LogP contribution in [0.2, 0.25) is 0 Å². The molecule has 0 aromatic carbocycles. The van der Waals surface area contributed by atoms with Gasteiger partial charge in [-0.05, 0) is 46.8 Å². The van der Waals surface area contributed by atoms with Crippen molar-refractivity contribution >= 4 is 29.9 Å². The van der Waals surface area contributed by atoms with Gasteiger partial charge in [-0.3, -0.25) is 4.99 Å². The van der Waals surface area contributed by atoms with Crippen molar-refractivity contribution < 1.29 is 4.74 Å². The van der Waals surface area contributed by atoms with Gasteiger partial charge in [0.05, 0.1) is 6.61 Å². The Balaban J connectivity index is 0.00000529. The van der Waals surface area contributed by atoms with E-state index in [-0.39, 0.29) is 24.0 Å². The van der Waals surface area contributed by atoms with E-state index in [2.05, 4.69) is 43.2 Å². The summed E-state index contributed by atoms with van der Waals surface area (Å²) in [4.78, 5) is 9.31. The molecular weight excluding hydrogens is 415 g/mol. The van der Waals surface area contributed by atoms with E-state index in [9.17, 15) is 0 Å². The van der Waals surface area contributed by atoms with Crippen LogP contribution >= 0.6 is 24.0 Å². The van der Waals surface area contributed by atoms with Crippen molar-refractivity contribution in [3.05, 3.63) is 0 Å². The molecule has 0 radical (unpaired) electrons. The summed E-state index contributed by atoms with van der Waals surface area (Å²) in [5.41, 5.74) is 0. The minimum absolute atomic E-state index is 0. The third kappa shape index (κ3) is 11.5. The van der Waals surface area contributed by atoms with Gasteiger partial charge in [0.15, 0.2) is 5.96 Å². The van der Waals surface area contributed by atoms with E-state index in [0.29, 0.717) is 5.92 Å². The summed E-state index contributed by atoms with van der Waals surface area (Å²) in [5.74, 6) is 1.70. The van der Waals surface area contributed by atoms with Crippen molar-refractivity contribution in [3.63, 3.8) is 0 Å². The lowest BCUT2D eigenvalue weighted by molar-refractivity contribution is 0.181. The second-order valence-electron chi connectivity index (χ2n) is 6.92. The Bertz CT molecular complexity index is 320. The first-order valence-corrected chi connectivity index (χ1v) is 9.35. The highest BCUT2D eigenvalue weighted by Crippen LogP contribution is 2.13. The second-order valence-corrected chi connectivity index (χ2v) is 6.92. The summed E-state index contributed by atoms with van der Waals surface area (Å²) in [6.07, 6.45) is 7.63. The lowest BCUT2D eigenvalue weighted by atomic mass is 10.1. The number of unbranched alkanes of at least 4 members (excludes halogenated alkanes) is 4. The summed E-state index contributed by atoms with van der Waals surface area (Å²) >= 11 is 0. The quantitative estimate of drug-likeness (QED) is 0.226. The molecule has 1 heterocycles. The SMILES string of the molecule is CCNC(=NCCCCCCCN(C)C)N(C)CC1CCOC1.I. The van der Waals surface area contributed by atoms with Crippen LogP contribution in [0.15, 0.2) is 4.99 Å². The number of hydrogen-bond donors (Lipinski definition) is 1. The molecule has 24 heavy (non-hydrogen) atoms. The van der Waals surface area contributed by atoms with E-state index in [1.807, 2.05) is 0 Å². The molecule has 1 N–H and O–H groups in total. The number of guanidine groups is 1. The van der Waals surface area contributed by atoms with Gasteiger partial charge in [-0.1, -0.05) is 19.3 Å². The molecule has 144 valence electrons. The highest BCUT2D eigenvalue weighted by molar-refractivity contribution is 14.0. The van der Waals surface area contributed by atoms with Crippen LogP contribution < -0.4 is 5.32 Å². The molecule has 0 aromatic heterocycles. The highest BCUT2D eigenvalue weighted by atomic mass is 127. The minimum atomic E-state index is 0. The van der Waals surface area contributed by atoms with Crippen molar-refractivity contribution in [1.82, 2.24) is 15.1 Å². The third-order valence-corrected chi connectivity index (χ3v) is 4.28. The summed E-state index contributed by atoms with van der Waals surface area (Å²) in [6, 6.07) is 0. The molecule has 0 saturated carbocycles. The molecule has 0 bridgehead atoms. The van der Waals surface area contributed by atoms with Gasteiger partial charge < -0.3 is 19.9 Å². The maximum Gasteiger partial charge on any atom is 0.193 e. The Labute approximate surface area is 166 Å². The van der Waals surface area contributed by atoms with E-state index in [4.69, 9.17) is 9.73 Å². The first-order valence-electron chi connectivity index (χ1n) is 9.35. The normalized spacial score (nSPS) is 17.9. The molecule has 1 rings (SSSR count). The number of ether oxygens (including phenoxy) is 1. The minimum Gasteiger partial charge on any atom is -0.381 e. The predicted octanol–water partition coefficient (Wildman–Crippen LogP) is 3.05. The largest absolute Gasteiger partial charge is 0.381 e. The zero-order valence-electron chi connectivity index (χ0n) is 16.2. The fourth-order valence-electron chi connectivity index (χ4n) is 2.93. The van der Waals surface area contributed by atoms with Gasteiger partial charge in [0.25, 0.3) is 0 Å². The average molecular weight is 454 g/mol.